The van der Waals surface area contributed by atoms with Crippen molar-refractivity contribution in [3.05, 3.63) is 0 Å². The summed E-state index contributed by atoms with van der Waals surface area (Å²) >= 11 is 0. The summed E-state index contributed by atoms with van der Waals surface area (Å²) in [5, 5.41) is 3.34. The molecule has 1 aliphatic rings. The molecule has 76 valence electrons. The second kappa shape index (κ2) is 4.09. The molecule has 0 aliphatic carbocycles. The van der Waals surface area contributed by atoms with E-state index < -0.39 is 0 Å². The molecule has 13 heavy (non-hydrogen) atoms. The van der Waals surface area contributed by atoms with Crippen LogP contribution in [0.5, 0.6) is 0 Å². The van der Waals surface area contributed by atoms with Gasteiger partial charge in [0.1, 0.15) is 0 Å². The lowest BCUT2D eigenvalue weighted by Crippen LogP contribution is -2.28. The van der Waals surface area contributed by atoms with Crippen molar-refractivity contribution in [1.82, 2.24) is 5.32 Å². The highest BCUT2D eigenvalue weighted by Gasteiger charge is 2.30. The van der Waals surface area contributed by atoms with Gasteiger partial charge in [-0.1, -0.05) is 13.8 Å². The Kier molecular flexibility index (Phi) is 3.31. The van der Waals surface area contributed by atoms with Gasteiger partial charge in [-0.05, 0) is 24.8 Å². The summed E-state index contributed by atoms with van der Waals surface area (Å²) in [5.41, 5.74) is 0.204. The number of hydrogen-bond acceptors (Lipinski definition) is 3. The molecule has 0 saturated carbocycles. The van der Waals surface area contributed by atoms with Gasteiger partial charge in [-0.2, -0.15) is 0 Å². The van der Waals surface area contributed by atoms with Crippen LogP contribution in [0.25, 0.3) is 0 Å². The fourth-order valence-corrected chi connectivity index (χ4v) is 1.91. The van der Waals surface area contributed by atoms with Crippen molar-refractivity contribution in [3.8, 4) is 0 Å². The largest absolute Gasteiger partial charge is 0.469 e. The molecule has 0 amide bonds. The Morgan fingerprint density at radius 3 is 2.85 bits per heavy atom. The molecule has 0 spiro atoms. The maximum absolute atomic E-state index is 11.4. The van der Waals surface area contributed by atoms with E-state index in [0.29, 0.717) is 0 Å². The molecule has 1 rings (SSSR count). The van der Waals surface area contributed by atoms with Gasteiger partial charge in [-0.15, -0.1) is 0 Å². The minimum atomic E-state index is -0.0585. The number of hydrogen-bond donors (Lipinski definition) is 1. The van der Waals surface area contributed by atoms with E-state index in [9.17, 15) is 4.79 Å². The predicted octanol–water partition coefficient (Wildman–Crippen LogP) is 1.19. The van der Waals surface area contributed by atoms with Gasteiger partial charge in [-0.3, -0.25) is 4.79 Å². The minimum Gasteiger partial charge on any atom is -0.469 e. The molecule has 3 heteroatoms. The summed E-state index contributed by atoms with van der Waals surface area (Å²) in [4.78, 5) is 11.4. The zero-order chi connectivity index (χ0) is 9.90. The molecule has 1 atom stereocenters. The molecule has 1 unspecified atom stereocenters. The van der Waals surface area contributed by atoms with Crippen LogP contribution in [0.1, 0.15) is 26.7 Å². The van der Waals surface area contributed by atoms with Gasteiger partial charge in [0, 0.05) is 6.54 Å². The maximum atomic E-state index is 11.4. The highest BCUT2D eigenvalue weighted by atomic mass is 16.5. The molecule has 1 saturated heterocycles. The molecule has 1 aliphatic heterocycles. The van der Waals surface area contributed by atoms with Crippen molar-refractivity contribution in [2.45, 2.75) is 26.7 Å². The number of esters is 1. The van der Waals surface area contributed by atoms with Crippen LogP contribution >= 0.6 is 0 Å². The zero-order valence-electron chi connectivity index (χ0n) is 8.72. The molecule has 1 N–H and O–H groups in total. The van der Waals surface area contributed by atoms with Crippen LogP contribution in [0.4, 0.5) is 0 Å². The van der Waals surface area contributed by atoms with Crippen molar-refractivity contribution in [1.29, 1.82) is 0 Å². The standard InChI is InChI=1S/C10H19NO2/c1-10(2)6-8(9(12)13-3)4-5-11-7-10/h8,11H,4-7H2,1-3H3. The third-order valence-electron chi connectivity index (χ3n) is 2.61. The third-order valence-corrected chi connectivity index (χ3v) is 2.61. The van der Waals surface area contributed by atoms with Crippen LogP contribution in [0.2, 0.25) is 0 Å². The Labute approximate surface area is 79.8 Å². The molecule has 3 nitrogen and oxygen atoms in total. The second-order valence-electron chi connectivity index (χ2n) is 4.55. The molecule has 0 radical (unpaired) electrons. The van der Waals surface area contributed by atoms with Gasteiger partial charge in [-0.25, -0.2) is 0 Å². The van der Waals surface area contributed by atoms with E-state index in [2.05, 4.69) is 19.2 Å². The van der Waals surface area contributed by atoms with Gasteiger partial charge in [0.2, 0.25) is 0 Å². The third kappa shape index (κ3) is 2.99. The van der Waals surface area contributed by atoms with Crippen molar-refractivity contribution >= 4 is 5.97 Å². The van der Waals surface area contributed by atoms with Crippen molar-refractivity contribution in [3.63, 3.8) is 0 Å². The lowest BCUT2D eigenvalue weighted by Gasteiger charge is -2.24. The van der Waals surface area contributed by atoms with Gasteiger partial charge in [0.15, 0.2) is 0 Å². The van der Waals surface area contributed by atoms with Crippen LogP contribution in [0, 0.1) is 11.3 Å². The Morgan fingerprint density at radius 2 is 2.23 bits per heavy atom. The van der Waals surface area contributed by atoms with Crippen molar-refractivity contribution < 1.29 is 9.53 Å². The topological polar surface area (TPSA) is 38.3 Å². The number of ether oxygens (including phenoxy) is 1. The molecule has 1 fully saturated rings. The number of nitrogens with one attached hydrogen (secondary N) is 1. The average Bonchev–Trinajstić information content (AvgIpc) is 2.25. The Balaban J connectivity index is 2.59. The summed E-state index contributed by atoms with van der Waals surface area (Å²) in [6, 6.07) is 0. The molecule has 0 aromatic heterocycles. The van der Waals surface area contributed by atoms with E-state index in [1.165, 1.54) is 7.11 Å². The number of carbonyl (C=O) groups excluding carboxylic acids is 1. The predicted molar refractivity (Wildman–Crippen MR) is 51.4 cm³/mol. The maximum Gasteiger partial charge on any atom is 0.308 e. The first-order valence-corrected chi connectivity index (χ1v) is 4.84. The first-order chi connectivity index (χ1) is 6.05. The van der Waals surface area contributed by atoms with Crippen LogP contribution in [-0.4, -0.2) is 26.2 Å². The Hall–Kier alpha value is -0.570. The van der Waals surface area contributed by atoms with Crippen LogP contribution in [-0.2, 0) is 9.53 Å². The number of methoxy groups -OCH3 is 1. The van der Waals surface area contributed by atoms with E-state index >= 15 is 0 Å². The lowest BCUT2D eigenvalue weighted by molar-refractivity contribution is -0.146. The Morgan fingerprint density at radius 1 is 1.54 bits per heavy atom. The summed E-state index contributed by atoms with van der Waals surface area (Å²) < 4.78 is 4.77. The fraction of sp³-hybridized carbons (Fsp3) is 0.900. The number of rotatable bonds is 1. The number of carbonyl (C=O) groups is 1. The van der Waals surface area contributed by atoms with E-state index in [1.54, 1.807) is 0 Å². The van der Waals surface area contributed by atoms with Crippen molar-refractivity contribution in [2.24, 2.45) is 11.3 Å². The summed E-state index contributed by atoms with van der Waals surface area (Å²) in [7, 11) is 1.47. The first kappa shape index (κ1) is 10.5. The molecular weight excluding hydrogens is 166 g/mol. The first-order valence-electron chi connectivity index (χ1n) is 4.84. The van der Waals surface area contributed by atoms with Crippen molar-refractivity contribution in [2.75, 3.05) is 20.2 Å². The monoisotopic (exact) mass is 185 g/mol. The molecular formula is C10H19NO2. The molecule has 1 heterocycles. The second-order valence-corrected chi connectivity index (χ2v) is 4.55. The summed E-state index contributed by atoms with van der Waals surface area (Å²) in [5.74, 6) is 0.0202. The highest BCUT2D eigenvalue weighted by Crippen LogP contribution is 2.29. The Bertz CT molecular complexity index is 189. The van der Waals surface area contributed by atoms with Gasteiger partial charge in [0.05, 0.1) is 13.0 Å². The van der Waals surface area contributed by atoms with E-state index in [0.717, 1.165) is 25.9 Å². The van der Waals surface area contributed by atoms with E-state index in [4.69, 9.17) is 4.74 Å². The van der Waals surface area contributed by atoms with Crippen LogP contribution in [0.15, 0.2) is 0 Å². The molecule has 0 aromatic carbocycles. The SMILES string of the molecule is COC(=O)C1CCNCC(C)(C)C1. The van der Waals surface area contributed by atoms with Gasteiger partial charge in [0.25, 0.3) is 0 Å². The molecule has 0 aromatic rings. The minimum absolute atomic E-state index is 0.0585. The lowest BCUT2D eigenvalue weighted by atomic mass is 9.83. The van der Waals surface area contributed by atoms with Crippen LogP contribution in [0.3, 0.4) is 0 Å². The fourth-order valence-electron chi connectivity index (χ4n) is 1.91. The average molecular weight is 185 g/mol. The normalized spacial score (nSPS) is 27.8. The summed E-state index contributed by atoms with van der Waals surface area (Å²) in [6.07, 6.45) is 1.82. The van der Waals surface area contributed by atoms with Gasteiger partial charge < -0.3 is 10.1 Å². The van der Waals surface area contributed by atoms with Gasteiger partial charge >= 0.3 is 5.97 Å². The highest BCUT2D eigenvalue weighted by molar-refractivity contribution is 5.72. The summed E-state index contributed by atoms with van der Waals surface area (Å²) in [6.45, 7) is 6.27. The van der Waals surface area contributed by atoms with E-state index in [1.807, 2.05) is 0 Å². The quantitative estimate of drug-likeness (QED) is 0.623. The molecule has 0 bridgehead atoms. The smallest absolute Gasteiger partial charge is 0.308 e. The van der Waals surface area contributed by atoms with E-state index in [-0.39, 0.29) is 17.3 Å². The van der Waals surface area contributed by atoms with Crippen LogP contribution < -0.4 is 5.32 Å². The zero-order valence-corrected chi connectivity index (χ0v) is 8.72.